The Morgan fingerprint density at radius 1 is 0.969 bits per heavy atom. The summed E-state index contributed by atoms with van der Waals surface area (Å²) in [5.41, 5.74) is 1.50. The summed E-state index contributed by atoms with van der Waals surface area (Å²) >= 11 is 0. The number of ether oxygens (including phenoxy) is 3. The van der Waals surface area contributed by atoms with Gasteiger partial charge < -0.3 is 29.0 Å². The van der Waals surface area contributed by atoms with Crippen LogP contribution in [-0.2, 0) is 4.79 Å². The zero-order valence-electron chi connectivity index (χ0n) is 18.3. The maximum Gasteiger partial charge on any atom is 0.324 e. The number of anilines is 2. The third-order valence-corrected chi connectivity index (χ3v) is 5.52. The van der Waals surface area contributed by atoms with Gasteiger partial charge in [0.05, 0.1) is 21.3 Å². The Morgan fingerprint density at radius 2 is 1.59 bits per heavy atom. The Bertz CT molecular complexity index is 1040. The van der Waals surface area contributed by atoms with Gasteiger partial charge in [-0.2, -0.15) is 4.98 Å². The van der Waals surface area contributed by atoms with E-state index < -0.39 is 0 Å². The molecule has 1 amide bonds. The van der Waals surface area contributed by atoms with Crippen molar-refractivity contribution in [1.82, 2.24) is 10.1 Å². The lowest BCUT2D eigenvalue weighted by atomic mass is 9.96. The molecule has 9 nitrogen and oxygen atoms in total. The first kappa shape index (κ1) is 21.5. The first-order valence-corrected chi connectivity index (χ1v) is 10.4. The first-order valence-electron chi connectivity index (χ1n) is 10.4. The number of aromatic nitrogens is 2. The summed E-state index contributed by atoms with van der Waals surface area (Å²) in [4.78, 5) is 19.3. The maximum absolute atomic E-state index is 12.8. The van der Waals surface area contributed by atoms with Crippen LogP contribution in [0, 0.1) is 5.92 Å². The van der Waals surface area contributed by atoms with Crippen molar-refractivity contribution >= 4 is 17.6 Å². The fourth-order valence-corrected chi connectivity index (χ4v) is 3.66. The molecular weight excluding hydrogens is 412 g/mol. The molecule has 0 saturated carbocycles. The number of rotatable bonds is 7. The number of nitrogens with one attached hydrogen (secondary N) is 1. The van der Waals surface area contributed by atoms with E-state index in [1.54, 1.807) is 39.5 Å². The SMILES string of the molecule is COc1ccc(-c2noc(N3CCC(C(=O)Nc4cc(OC)cc(OC)c4)CC3)n2)cc1. The average Bonchev–Trinajstić information content (AvgIpc) is 3.34. The standard InChI is InChI=1S/C23H26N4O5/c1-29-18-6-4-15(5-7-18)21-25-23(32-26-21)27-10-8-16(9-11-27)22(28)24-17-12-19(30-2)14-20(13-17)31-3/h4-7,12-14,16H,8-11H2,1-3H3,(H,24,28). The van der Waals surface area contributed by atoms with Gasteiger partial charge in [0, 0.05) is 48.5 Å². The summed E-state index contributed by atoms with van der Waals surface area (Å²) in [7, 11) is 4.78. The largest absolute Gasteiger partial charge is 0.497 e. The Kier molecular flexibility index (Phi) is 6.44. The number of carbonyl (C=O) groups is 1. The molecule has 0 unspecified atom stereocenters. The third-order valence-electron chi connectivity index (χ3n) is 5.52. The number of benzene rings is 2. The van der Waals surface area contributed by atoms with Crippen LogP contribution in [0.5, 0.6) is 17.2 Å². The van der Waals surface area contributed by atoms with Crippen molar-refractivity contribution < 1.29 is 23.5 Å². The van der Waals surface area contributed by atoms with E-state index >= 15 is 0 Å². The van der Waals surface area contributed by atoms with E-state index in [1.165, 1.54) is 0 Å². The molecular formula is C23H26N4O5. The van der Waals surface area contributed by atoms with Gasteiger partial charge in [0.1, 0.15) is 17.2 Å². The molecule has 1 N–H and O–H groups in total. The molecule has 0 aliphatic carbocycles. The molecule has 1 aliphatic rings. The highest BCUT2D eigenvalue weighted by atomic mass is 16.5. The number of piperidine rings is 1. The number of methoxy groups -OCH3 is 3. The number of carbonyl (C=O) groups excluding carboxylic acids is 1. The highest BCUT2D eigenvalue weighted by Gasteiger charge is 2.28. The van der Waals surface area contributed by atoms with E-state index in [1.807, 2.05) is 29.2 Å². The van der Waals surface area contributed by atoms with Crippen molar-refractivity contribution in [3.63, 3.8) is 0 Å². The van der Waals surface area contributed by atoms with E-state index in [0.717, 1.165) is 11.3 Å². The van der Waals surface area contributed by atoms with Gasteiger partial charge >= 0.3 is 6.01 Å². The van der Waals surface area contributed by atoms with Gasteiger partial charge in [0.25, 0.3) is 0 Å². The molecule has 0 radical (unpaired) electrons. The summed E-state index contributed by atoms with van der Waals surface area (Å²) in [6.45, 7) is 1.31. The second-order valence-corrected chi connectivity index (χ2v) is 7.48. The average molecular weight is 438 g/mol. The molecule has 9 heteroatoms. The molecule has 0 bridgehead atoms. The van der Waals surface area contributed by atoms with Gasteiger partial charge in [0.2, 0.25) is 11.7 Å². The van der Waals surface area contributed by atoms with Crippen molar-refractivity contribution in [3.05, 3.63) is 42.5 Å². The maximum atomic E-state index is 12.8. The zero-order valence-corrected chi connectivity index (χ0v) is 18.3. The molecule has 0 atom stereocenters. The normalized spacial score (nSPS) is 14.2. The molecule has 168 valence electrons. The van der Waals surface area contributed by atoms with Crippen LogP contribution in [0.25, 0.3) is 11.4 Å². The molecule has 4 rings (SSSR count). The van der Waals surface area contributed by atoms with Crippen LogP contribution in [-0.4, -0.2) is 50.5 Å². The third kappa shape index (κ3) is 4.77. The summed E-state index contributed by atoms with van der Waals surface area (Å²) in [5, 5.41) is 7.06. The fraction of sp³-hybridized carbons (Fsp3) is 0.348. The highest BCUT2D eigenvalue weighted by molar-refractivity contribution is 5.93. The molecule has 0 spiro atoms. The molecule has 1 fully saturated rings. The van der Waals surface area contributed by atoms with Gasteiger partial charge in [-0.05, 0) is 37.1 Å². The van der Waals surface area contributed by atoms with Gasteiger partial charge in [-0.3, -0.25) is 4.79 Å². The topological polar surface area (TPSA) is 99.0 Å². The smallest absolute Gasteiger partial charge is 0.324 e. The molecule has 1 aromatic heterocycles. The van der Waals surface area contributed by atoms with Crippen LogP contribution in [0.1, 0.15) is 12.8 Å². The second-order valence-electron chi connectivity index (χ2n) is 7.48. The predicted octanol–water partition coefficient (Wildman–Crippen LogP) is 3.62. The Labute approximate surface area is 186 Å². The van der Waals surface area contributed by atoms with Crippen molar-refractivity contribution in [3.8, 4) is 28.6 Å². The minimum atomic E-state index is -0.104. The summed E-state index contributed by atoms with van der Waals surface area (Å²) in [6, 6.07) is 13.3. The minimum absolute atomic E-state index is 0.0237. The first-order chi connectivity index (χ1) is 15.6. The number of nitrogens with zero attached hydrogens (tertiary/aromatic N) is 3. The van der Waals surface area contributed by atoms with E-state index in [9.17, 15) is 4.79 Å². The summed E-state index contributed by atoms with van der Waals surface area (Å²) in [5.74, 6) is 2.41. The zero-order chi connectivity index (χ0) is 22.5. The summed E-state index contributed by atoms with van der Waals surface area (Å²) in [6.07, 6.45) is 1.38. The van der Waals surface area contributed by atoms with Gasteiger partial charge in [-0.15, -0.1) is 0 Å². The van der Waals surface area contributed by atoms with Crippen molar-refractivity contribution in [2.75, 3.05) is 44.6 Å². The van der Waals surface area contributed by atoms with E-state index in [4.69, 9.17) is 18.7 Å². The van der Waals surface area contributed by atoms with E-state index in [-0.39, 0.29) is 11.8 Å². The quantitative estimate of drug-likeness (QED) is 0.597. The molecule has 1 saturated heterocycles. The van der Waals surface area contributed by atoms with Crippen molar-refractivity contribution in [2.24, 2.45) is 5.92 Å². The Morgan fingerprint density at radius 3 is 2.19 bits per heavy atom. The lowest BCUT2D eigenvalue weighted by molar-refractivity contribution is -0.120. The van der Waals surface area contributed by atoms with E-state index in [0.29, 0.717) is 55.0 Å². The lowest BCUT2D eigenvalue weighted by Crippen LogP contribution is -2.38. The second kappa shape index (κ2) is 9.59. The Hall–Kier alpha value is -3.75. The number of hydrogen-bond acceptors (Lipinski definition) is 8. The predicted molar refractivity (Wildman–Crippen MR) is 119 cm³/mol. The van der Waals surface area contributed by atoms with E-state index in [2.05, 4.69) is 15.5 Å². The summed E-state index contributed by atoms with van der Waals surface area (Å²) < 4.78 is 21.2. The van der Waals surface area contributed by atoms with Crippen LogP contribution in [0.2, 0.25) is 0 Å². The highest BCUT2D eigenvalue weighted by Crippen LogP contribution is 2.29. The van der Waals surface area contributed by atoms with Crippen molar-refractivity contribution in [2.45, 2.75) is 12.8 Å². The fourth-order valence-electron chi connectivity index (χ4n) is 3.66. The Balaban J connectivity index is 1.35. The van der Waals surface area contributed by atoms with Crippen LogP contribution >= 0.6 is 0 Å². The molecule has 2 aromatic carbocycles. The number of hydrogen-bond donors (Lipinski definition) is 1. The monoisotopic (exact) mass is 438 g/mol. The molecule has 3 aromatic rings. The van der Waals surface area contributed by atoms with Crippen molar-refractivity contribution in [1.29, 1.82) is 0 Å². The lowest BCUT2D eigenvalue weighted by Gasteiger charge is -2.29. The van der Waals surface area contributed by atoms with Crippen LogP contribution in [0.3, 0.4) is 0 Å². The van der Waals surface area contributed by atoms with Gasteiger partial charge in [0.15, 0.2) is 0 Å². The number of amides is 1. The molecule has 2 heterocycles. The van der Waals surface area contributed by atoms with Crippen LogP contribution < -0.4 is 24.4 Å². The van der Waals surface area contributed by atoms with Crippen LogP contribution in [0.15, 0.2) is 47.0 Å². The molecule has 32 heavy (non-hydrogen) atoms. The van der Waals surface area contributed by atoms with Crippen LogP contribution in [0.4, 0.5) is 11.7 Å². The van der Waals surface area contributed by atoms with Gasteiger partial charge in [-0.1, -0.05) is 5.16 Å². The molecule has 1 aliphatic heterocycles. The van der Waals surface area contributed by atoms with Gasteiger partial charge in [-0.25, -0.2) is 0 Å². The minimum Gasteiger partial charge on any atom is -0.497 e.